The molecule has 0 unspecified atom stereocenters. The van der Waals surface area contributed by atoms with Crippen LogP contribution in [0.4, 0.5) is 13.2 Å². The molecule has 162 valence electrons. The van der Waals surface area contributed by atoms with Crippen molar-refractivity contribution in [3.63, 3.8) is 0 Å². The van der Waals surface area contributed by atoms with Crippen LogP contribution in [0.25, 0.3) is 0 Å². The molecule has 2 amide bonds. The lowest BCUT2D eigenvalue weighted by molar-refractivity contribution is -0.186. The van der Waals surface area contributed by atoms with Crippen LogP contribution < -0.4 is 14.2 Å². The molecule has 1 saturated heterocycles. The molecule has 0 saturated carbocycles. The Bertz CT molecular complexity index is 704. The van der Waals surface area contributed by atoms with E-state index in [9.17, 15) is 22.8 Å². The second-order valence-corrected chi connectivity index (χ2v) is 6.18. The summed E-state index contributed by atoms with van der Waals surface area (Å²) in [5.41, 5.74) is 0.274. The van der Waals surface area contributed by atoms with Crippen LogP contribution in [0.3, 0.4) is 0 Å². The molecule has 1 aliphatic heterocycles. The fraction of sp³-hybridized carbons (Fsp3) is 0.579. The fourth-order valence-electron chi connectivity index (χ4n) is 2.99. The molecule has 0 N–H and O–H groups in total. The zero-order valence-electron chi connectivity index (χ0n) is 16.7. The minimum Gasteiger partial charge on any atom is -0.490 e. The molecule has 0 radical (unpaired) electrons. The quantitative estimate of drug-likeness (QED) is 0.681. The molecule has 0 atom stereocenters. The Balaban J connectivity index is 2.21. The van der Waals surface area contributed by atoms with E-state index in [1.54, 1.807) is 13.8 Å². The van der Waals surface area contributed by atoms with Crippen molar-refractivity contribution in [2.75, 3.05) is 46.0 Å². The second-order valence-electron chi connectivity index (χ2n) is 6.18. The summed E-state index contributed by atoms with van der Waals surface area (Å²) < 4.78 is 54.5. The SMILES string of the molecule is CCOc1cc(C(=O)N2CCN(C(=O)C(F)(F)F)CC2)cc(OCC)c1OCC. The average Bonchev–Trinajstić information content (AvgIpc) is 2.69. The Kier molecular flexibility index (Phi) is 7.58. The number of ether oxygens (including phenoxy) is 3. The highest BCUT2D eigenvalue weighted by Gasteiger charge is 2.43. The second kappa shape index (κ2) is 9.71. The third kappa shape index (κ3) is 5.45. The van der Waals surface area contributed by atoms with Gasteiger partial charge in [0.25, 0.3) is 5.91 Å². The summed E-state index contributed by atoms with van der Waals surface area (Å²) in [5, 5.41) is 0. The van der Waals surface area contributed by atoms with Crippen LogP contribution in [-0.2, 0) is 4.79 Å². The van der Waals surface area contributed by atoms with Crippen molar-refractivity contribution < 1.29 is 37.0 Å². The van der Waals surface area contributed by atoms with Gasteiger partial charge in [-0.1, -0.05) is 0 Å². The highest BCUT2D eigenvalue weighted by atomic mass is 19.4. The maximum absolute atomic E-state index is 12.9. The van der Waals surface area contributed by atoms with Gasteiger partial charge < -0.3 is 24.0 Å². The molecule has 2 rings (SSSR count). The lowest BCUT2D eigenvalue weighted by Gasteiger charge is -2.35. The van der Waals surface area contributed by atoms with E-state index in [1.807, 2.05) is 6.92 Å². The monoisotopic (exact) mass is 418 g/mol. The number of carbonyl (C=O) groups is 2. The van der Waals surface area contributed by atoms with Gasteiger partial charge in [-0.2, -0.15) is 13.2 Å². The molecular formula is C19H25F3N2O5. The number of hydrogen-bond acceptors (Lipinski definition) is 5. The summed E-state index contributed by atoms with van der Waals surface area (Å²) in [4.78, 5) is 26.4. The van der Waals surface area contributed by atoms with Crippen molar-refractivity contribution in [3.05, 3.63) is 17.7 Å². The highest BCUT2D eigenvalue weighted by molar-refractivity contribution is 5.96. The molecule has 1 heterocycles. The van der Waals surface area contributed by atoms with Crippen molar-refractivity contribution in [2.24, 2.45) is 0 Å². The lowest BCUT2D eigenvalue weighted by Crippen LogP contribution is -2.53. The minimum absolute atomic E-state index is 0.00179. The van der Waals surface area contributed by atoms with E-state index in [1.165, 1.54) is 17.0 Å². The number of benzene rings is 1. The first-order valence-corrected chi connectivity index (χ1v) is 9.44. The van der Waals surface area contributed by atoms with Crippen molar-refractivity contribution in [1.82, 2.24) is 9.80 Å². The van der Waals surface area contributed by atoms with E-state index in [4.69, 9.17) is 14.2 Å². The third-order valence-corrected chi connectivity index (χ3v) is 4.25. The number of rotatable bonds is 7. The van der Waals surface area contributed by atoms with Crippen LogP contribution in [0.15, 0.2) is 12.1 Å². The fourth-order valence-corrected chi connectivity index (χ4v) is 2.99. The van der Waals surface area contributed by atoms with Crippen LogP contribution >= 0.6 is 0 Å². The van der Waals surface area contributed by atoms with Crippen LogP contribution in [0.1, 0.15) is 31.1 Å². The zero-order chi connectivity index (χ0) is 21.6. The zero-order valence-corrected chi connectivity index (χ0v) is 16.7. The highest BCUT2D eigenvalue weighted by Crippen LogP contribution is 2.39. The summed E-state index contributed by atoms with van der Waals surface area (Å²) in [5.74, 6) is -1.16. The van der Waals surface area contributed by atoms with E-state index in [0.29, 0.717) is 42.0 Å². The van der Waals surface area contributed by atoms with Gasteiger partial charge in [-0.3, -0.25) is 9.59 Å². The molecule has 29 heavy (non-hydrogen) atoms. The molecule has 0 spiro atoms. The van der Waals surface area contributed by atoms with E-state index < -0.39 is 12.1 Å². The Morgan fingerprint density at radius 2 is 1.31 bits per heavy atom. The molecule has 10 heteroatoms. The maximum atomic E-state index is 12.9. The van der Waals surface area contributed by atoms with Crippen LogP contribution in [0, 0.1) is 0 Å². The topological polar surface area (TPSA) is 68.3 Å². The van der Waals surface area contributed by atoms with E-state index in [2.05, 4.69) is 0 Å². The van der Waals surface area contributed by atoms with E-state index in [0.717, 1.165) is 0 Å². The Hall–Kier alpha value is -2.65. The van der Waals surface area contributed by atoms with Gasteiger partial charge in [0, 0.05) is 31.7 Å². The van der Waals surface area contributed by atoms with Gasteiger partial charge in [0.15, 0.2) is 11.5 Å². The average molecular weight is 418 g/mol. The van der Waals surface area contributed by atoms with Gasteiger partial charge in [-0.05, 0) is 32.9 Å². The first-order chi connectivity index (χ1) is 13.7. The standard InChI is InChI=1S/C19H25F3N2O5/c1-4-27-14-11-13(12-15(28-5-2)16(14)29-6-3)17(25)23-7-9-24(10-8-23)18(26)19(20,21)22/h11-12H,4-10H2,1-3H3. The molecule has 0 aliphatic carbocycles. The van der Waals surface area contributed by atoms with Crippen LogP contribution in [0.5, 0.6) is 17.2 Å². The van der Waals surface area contributed by atoms with Gasteiger partial charge >= 0.3 is 12.1 Å². The summed E-state index contributed by atoms with van der Waals surface area (Å²) in [6.45, 7) is 6.11. The molecule has 1 aromatic rings. The molecule has 0 aromatic heterocycles. The third-order valence-electron chi connectivity index (χ3n) is 4.25. The predicted molar refractivity (Wildman–Crippen MR) is 98.5 cm³/mol. The number of amides is 2. The lowest BCUT2D eigenvalue weighted by atomic mass is 10.1. The van der Waals surface area contributed by atoms with Crippen LogP contribution in [0.2, 0.25) is 0 Å². The number of nitrogens with zero attached hydrogens (tertiary/aromatic N) is 2. The normalized spacial score (nSPS) is 14.6. The van der Waals surface area contributed by atoms with Gasteiger partial charge in [0.05, 0.1) is 19.8 Å². The van der Waals surface area contributed by atoms with Crippen LogP contribution in [-0.4, -0.2) is 73.8 Å². The molecule has 7 nitrogen and oxygen atoms in total. The summed E-state index contributed by atoms with van der Waals surface area (Å²) in [6.07, 6.45) is -4.92. The first kappa shape index (κ1) is 22.6. The number of carbonyl (C=O) groups excluding carboxylic acids is 2. The number of halogens is 3. The van der Waals surface area contributed by atoms with E-state index in [-0.39, 0.29) is 37.6 Å². The first-order valence-electron chi connectivity index (χ1n) is 9.44. The number of hydrogen-bond donors (Lipinski definition) is 0. The smallest absolute Gasteiger partial charge is 0.471 e. The minimum atomic E-state index is -4.92. The number of alkyl halides is 3. The van der Waals surface area contributed by atoms with Crippen molar-refractivity contribution in [1.29, 1.82) is 0 Å². The molecule has 1 fully saturated rings. The van der Waals surface area contributed by atoms with Gasteiger partial charge in [-0.15, -0.1) is 0 Å². The summed E-state index contributed by atoms with van der Waals surface area (Å²) in [6, 6.07) is 3.07. The molecule has 1 aromatic carbocycles. The number of piperazine rings is 1. The predicted octanol–water partition coefficient (Wildman–Crippen LogP) is 2.73. The molecule has 1 aliphatic rings. The Morgan fingerprint density at radius 3 is 1.72 bits per heavy atom. The van der Waals surface area contributed by atoms with Gasteiger partial charge in [0.2, 0.25) is 5.75 Å². The Labute approximate surface area is 167 Å². The van der Waals surface area contributed by atoms with Crippen molar-refractivity contribution in [2.45, 2.75) is 26.9 Å². The molecular weight excluding hydrogens is 393 g/mol. The maximum Gasteiger partial charge on any atom is 0.471 e. The van der Waals surface area contributed by atoms with Gasteiger partial charge in [-0.25, -0.2) is 0 Å². The largest absolute Gasteiger partial charge is 0.490 e. The summed E-state index contributed by atoms with van der Waals surface area (Å²) in [7, 11) is 0. The summed E-state index contributed by atoms with van der Waals surface area (Å²) >= 11 is 0. The van der Waals surface area contributed by atoms with E-state index >= 15 is 0 Å². The van der Waals surface area contributed by atoms with Crippen molar-refractivity contribution >= 4 is 11.8 Å². The molecule has 0 bridgehead atoms. The van der Waals surface area contributed by atoms with Crippen molar-refractivity contribution in [3.8, 4) is 17.2 Å². The van der Waals surface area contributed by atoms with Gasteiger partial charge in [0.1, 0.15) is 0 Å². The Morgan fingerprint density at radius 1 is 0.862 bits per heavy atom.